The first-order chi connectivity index (χ1) is 29.1. The zero-order valence-electron chi connectivity index (χ0n) is 36.1. The van der Waals surface area contributed by atoms with Gasteiger partial charge in [0.2, 0.25) is 0 Å². The standard InChI is InChI=1S/C58H54S2/c1-37-21-9-15-27-47(37)45-33-53(57(51-31-19-13-25-41(51)5)55(35-45)49-29-17-11-23-39(49)3)43(7)59-60-44(8)54-34-46(48-28-16-10-22-38(48)2)36-56(50-30-18-12-24-40(50)4)58(54)52-32-20-14-26-42(52)6/h9-36,43-44H,1-8H3/t43-,44-/m1/s1. The van der Waals surface area contributed by atoms with Crippen molar-refractivity contribution in [2.45, 2.75) is 65.9 Å². The maximum atomic E-state index is 2.49. The van der Waals surface area contributed by atoms with E-state index in [4.69, 9.17) is 0 Å². The maximum absolute atomic E-state index is 2.49. The van der Waals surface area contributed by atoms with Crippen LogP contribution in [0.3, 0.4) is 0 Å². The van der Waals surface area contributed by atoms with Crippen molar-refractivity contribution in [3.8, 4) is 66.8 Å². The van der Waals surface area contributed by atoms with Crippen LogP contribution in [0.1, 0.15) is 68.9 Å². The van der Waals surface area contributed by atoms with Gasteiger partial charge in [0.1, 0.15) is 0 Å². The number of benzene rings is 8. The first-order valence-electron chi connectivity index (χ1n) is 21.1. The molecule has 0 aliphatic carbocycles. The summed E-state index contributed by atoms with van der Waals surface area (Å²) in [6.07, 6.45) is 0. The molecule has 2 heteroatoms. The summed E-state index contributed by atoms with van der Waals surface area (Å²) < 4.78 is 0. The molecule has 0 nitrogen and oxygen atoms in total. The Bertz CT molecular complexity index is 2630. The van der Waals surface area contributed by atoms with Gasteiger partial charge in [0.05, 0.1) is 0 Å². The van der Waals surface area contributed by atoms with Crippen molar-refractivity contribution < 1.29 is 0 Å². The second-order valence-corrected chi connectivity index (χ2v) is 19.3. The molecule has 0 N–H and O–H groups in total. The molecule has 0 fully saturated rings. The van der Waals surface area contributed by atoms with Gasteiger partial charge in [0.15, 0.2) is 0 Å². The van der Waals surface area contributed by atoms with E-state index >= 15 is 0 Å². The molecule has 0 amide bonds. The fourth-order valence-electron chi connectivity index (χ4n) is 8.83. The van der Waals surface area contributed by atoms with Gasteiger partial charge in [-0.15, -0.1) is 0 Å². The average Bonchev–Trinajstić information content (AvgIpc) is 3.26. The van der Waals surface area contributed by atoms with E-state index in [1.807, 2.05) is 21.6 Å². The fraction of sp³-hybridized carbons (Fsp3) is 0.172. The smallest absolute Gasteiger partial charge is 0.0379 e. The molecule has 8 aromatic carbocycles. The quantitative estimate of drug-likeness (QED) is 0.119. The summed E-state index contributed by atoms with van der Waals surface area (Å²) in [5, 5.41) is 0.354. The topological polar surface area (TPSA) is 0 Å². The highest BCUT2D eigenvalue weighted by Gasteiger charge is 2.26. The predicted molar refractivity (Wildman–Crippen MR) is 266 cm³/mol. The fourth-order valence-corrected chi connectivity index (χ4v) is 11.4. The summed E-state index contributed by atoms with van der Waals surface area (Å²) in [7, 11) is 4.00. The summed E-state index contributed by atoms with van der Waals surface area (Å²) in [6.45, 7) is 18.3. The molecular weight excluding hydrogens is 761 g/mol. The third kappa shape index (κ3) is 8.29. The van der Waals surface area contributed by atoms with Gasteiger partial charge >= 0.3 is 0 Å². The van der Waals surface area contributed by atoms with Crippen LogP contribution < -0.4 is 0 Å². The Morgan fingerprint density at radius 1 is 0.283 bits per heavy atom. The molecule has 0 bridgehead atoms. The van der Waals surface area contributed by atoms with Gasteiger partial charge in [-0.25, -0.2) is 0 Å². The zero-order valence-corrected chi connectivity index (χ0v) is 37.8. The van der Waals surface area contributed by atoms with Crippen molar-refractivity contribution in [3.05, 3.63) is 214 Å². The van der Waals surface area contributed by atoms with E-state index in [0.29, 0.717) is 0 Å². The molecule has 0 aliphatic rings. The van der Waals surface area contributed by atoms with Crippen molar-refractivity contribution in [1.29, 1.82) is 0 Å². The van der Waals surface area contributed by atoms with Gasteiger partial charge in [0, 0.05) is 10.5 Å². The van der Waals surface area contributed by atoms with Crippen LogP contribution in [0.5, 0.6) is 0 Å². The van der Waals surface area contributed by atoms with Crippen LogP contribution >= 0.6 is 21.6 Å². The van der Waals surface area contributed by atoms with Gasteiger partial charge in [-0.05, 0) is 191 Å². The molecule has 8 rings (SSSR count). The largest absolute Gasteiger partial charge is 0.0856 e. The molecule has 0 saturated carbocycles. The molecule has 0 unspecified atom stereocenters. The lowest BCUT2D eigenvalue weighted by molar-refractivity contribution is 1.10. The van der Waals surface area contributed by atoms with E-state index in [1.54, 1.807) is 0 Å². The van der Waals surface area contributed by atoms with Gasteiger partial charge in [-0.1, -0.05) is 167 Å². The monoisotopic (exact) mass is 814 g/mol. The zero-order chi connectivity index (χ0) is 41.9. The third-order valence-corrected chi connectivity index (χ3v) is 15.4. The van der Waals surface area contributed by atoms with Gasteiger partial charge in [-0.2, -0.15) is 0 Å². The highest BCUT2D eigenvalue weighted by Crippen LogP contribution is 2.54. The third-order valence-electron chi connectivity index (χ3n) is 12.2. The van der Waals surface area contributed by atoms with Crippen LogP contribution in [0.25, 0.3) is 66.8 Å². The van der Waals surface area contributed by atoms with Gasteiger partial charge < -0.3 is 0 Å². The summed E-state index contributed by atoms with van der Waals surface area (Å²) in [6, 6.07) is 63.1. The normalized spacial score (nSPS) is 12.3. The second-order valence-electron chi connectivity index (χ2n) is 16.3. The summed E-state index contributed by atoms with van der Waals surface area (Å²) in [5.74, 6) is 0. The molecule has 298 valence electrons. The molecule has 0 aromatic heterocycles. The van der Waals surface area contributed by atoms with E-state index in [0.717, 1.165) is 0 Å². The minimum atomic E-state index is 0.177. The second kappa shape index (κ2) is 18.0. The Hall–Kier alpha value is -5.54. The Labute approximate surface area is 366 Å². The summed E-state index contributed by atoms with van der Waals surface area (Å²) >= 11 is 0. The molecule has 2 atom stereocenters. The van der Waals surface area contributed by atoms with Crippen LogP contribution in [0.4, 0.5) is 0 Å². The minimum Gasteiger partial charge on any atom is -0.0856 e. The molecule has 8 aromatic rings. The molecular formula is C58H54S2. The lowest BCUT2D eigenvalue weighted by Crippen LogP contribution is -2.01. The van der Waals surface area contributed by atoms with Crippen molar-refractivity contribution in [2.24, 2.45) is 0 Å². The summed E-state index contributed by atoms with van der Waals surface area (Å²) in [5.41, 5.74) is 25.9. The first kappa shape index (κ1) is 41.2. The Balaban J connectivity index is 1.30. The van der Waals surface area contributed by atoms with Crippen LogP contribution in [-0.2, 0) is 0 Å². The van der Waals surface area contributed by atoms with Gasteiger partial charge in [0.25, 0.3) is 0 Å². The lowest BCUT2D eigenvalue weighted by Gasteiger charge is -2.26. The Morgan fingerprint density at radius 2 is 0.533 bits per heavy atom. The van der Waals surface area contributed by atoms with E-state index < -0.39 is 0 Å². The Morgan fingerprint density at radius 3 is 0.817 bits per heavy atom. The highest BCUT2D eigenvalue weighted by atomic mass is 33.1. The molecule has 0 aliphatic heterocycles. The molecule has 0 spiro atoms. The maximum Gasteiger partial charge on any atom is 0.0379 e. The molecule has 0 heterocycles. The van der Waals surface area contributed by atoms with Crippen LogP contribution in [0.15, 0.2) is 170 Å². The lowest BCUT2D eigenvalue weighted by atomic mass is 9.83. The highest BCUT2D eigenvalue weighted by molar-refractivity contribution is 8.76. The molecule has 0 radical (unpaired) electrons. The van der Waals surface area contributed by atoms with Crippen LogP contribution in [0.2, 0.25) is 0 Å². The van der Waals surface area contributed by atoms with E-state index in [-0.39, 0.29) is 10.5 Å². The minimum absolute atomic E-state index is 0.177. The molecule has 0 saturated heterocycles. The average molecular weight is 815 g/mol. The number of rotatable bonds is 11. The van der Waals surface area contributed by atoms with Crippen molar-refractivity contribution in [3.63, 3.8) is 0 Å². The van der Waals surface area contributed by atoms with Crippen molar-refractivity contribution in [1.82, 2.24) is 0 Å². The van der Waals surface area contributed by atoms with E-state index in [1.165, 1.54) is 111 Å². The van der Waals surface area contributed by atoms with Crippen LogP contribution in [-0.4, -0.2) is 0 Å². The van der Waals surface area contributed by atoms with Crippen LogP contribution in [0, 0.1) is 41.5 Å². The predicted octanol–water partition coefficient (Wildman–Crippen LogP) is 17.7. The van der Waals surface area contributed by atoms with Crippen molar-refractivity contribution in [2.75, 3.05) is 0 Å². The molecule has 60 heavy (non-hydrogen) atoms. The van der Waals surface area contributed by atoms with Gasteiger partial charge in [-0.3, -0.25) is 0 Å². The number of aryl methyl sites for hydroxylation is 6. The summed E-state index contributed by atoms with van der Waals surface area (Å²) in [4.78, 5) is 0. The van der Waals surface area contributed by atoms with E-state index in [2.05, 4.69) is 225 Å². The SMILES string of the molecule is Cc1ccccc1-c1cc(-c2ccccc2C)c(-c2ccccc2C)c([C@@H](C)SS[C@H](C)c2cc(-c3ccccc3C)cc(-c3ccccc3C)c2-c2ccccc2C)c1. The first-order valence-corrected chi connectivity index (χ1v) is 23.4. The van der Waals surface area contributed by atoms with Crippen molar-refractivity contribution >= 4 is 21.6 Å². The number of hydrogen-bond acceptors (Lipinski definition) is 2. The Kier molecular flexibility index (Phi) is 12.3. The number of hydrogen-bond donors (Lipinski definition) is 0. The van der Waals surface area contributed by atoms with E-state index in [9.17, 15) is 0 Å².